The molecular weight excluding hydrogens is 413 g/mol. The fourth-order valence-electron chi connectivity index (χ4n) is 3.07. The third kappa shape index (κ3) is 9.15. The maximum absolute atomic E-state index is 6.68. The van der Waals surface area contributed by atoms with E-state index in [1.807, 2.05) is 30.6 Å². The fourth-order valence-corrected chi connectivity index (χ4v) is 20.1. The van der Waals surface area contributed by atoms with Crippen LogP contribution in [-0.2, 0) is 16.8 Å². The van der Waals surface area contributed by atoms with E-state index in [0.29, 0.717) is 5.92 Å². The van der Waals surface area contributed by atoms with E-state index >= 15 is 0 Å². The minimum atomic E-state index is -2.52. The van der Waals surface area contributed by atoms with Crippen molar-refractivity contribution in [3.63, 3.8) is 0 Å². The molecule has 2 radical (unpaired) electrons. The Morgan fingerprint density at radius 2 is 1.77 bits per heavy atom. The van der Waals surface area contributed by atoms with Crippen LogP contribution in [0.3, 0.4) is 0 Å². The van der Waals surface area contributed by atoms with E-state index in [4.69, 9.17) is 23.9 Å². The highest BCUT2D eigenvalue weighted by atomic mass is 32.2. The van der Waals surface area contributed by atoms with Crippen molar-refractivity contribution in [2.24, 2.45) is 5.92 Å². The van der Waals surface area contributed by atoms with Crippen molar-refractivity contribution < 1.29 is 16.8 Å². The van der Waals surface area contributed by atoms with Crippen molar-refractivity contribution in [2.45, 2.75) is 64.7 Å². The molecule has 1 aliphatic heterocycles. The standard InChI is InChI=1S/C17H36O4SSi4/c1-10-25(8,19-23(3,4)5)21-26(9,20-24(6,7)18-2)15-11-12-17-13-14-22-16-17/h2,10,13-14,17H,1,11-12,15-16H2,3-9H3/t17-,25?,26?/m0/s1. The van der Waals surface area contributed by atoms with Crippen molar-refractivity contribution >= 4 is 45.8 Å². The van der Waals surface area contributed by atoms with Crippen molar-refractivity contribution in [3.05, 3.63) is 30.9 Å². The summed E-state index contributed by atoms with van der Waals surface area (Å²) in [6, 6.07) is 0.910. The molecule has 0 fully saturated rings. The topological polar surface area (TPSA) is 36.9 Å². The van der Waals surface area contributed by atoms with Gasteiger partial charge in [-0.3, -0.25) is 0 Å². The third-order valence-corrected chi connectivity index (χ3v) is 18.7. The van der Waals surface area contributed by atoms with Gasteiger partial charge in [0.1, 0.15) is 7.11 Å². The summed E-state index contributed by atoms with van der Waals surface area (Å²) in [5.74, 6) is 1.85. The van der Waals surface area contributed by atoms with Gasteiger partial charge in [0, 0.05) is 5.75 Å². The predicted octanol–water partition coefficient (Wildman–Crippen LogP) is 5.78. The van der Waals surface area contributed by atoms with E-state index in [-0.39, 0.29) is 0 Å². The molecule has 26 heavy (non-hydrogen) atoms. The van der Waals surface area contributed by atoms with Crippen LogP contribution >= 0.6 is 11.8 Å². The molecule has 0 spiro atoms. The Morgan fingerprint density at radius 1 is 1.12 bits per heavy atom. The fraction of sp³-hybridized carbons (Fsp3) is 0.706. The molecule has 0 saturated heterocycles. The molecule has 9 heteroatoms. The van der Waals surface area contributed by atoms with Gasteiger partial charge in [0.05, 0.1) is 0 Å². The highest BCUT2D eigenvalue weighted by Crippen LogP contribution is 2.31. The molecule has 2 unspecified atom stereocenters. The zero-order chi connectivity index (χ0) is 20.1. The van der Waals surface area contributed by atoms with Gasteiger partial charge < -0.3 is 16.8 Å². The average Bonchev–Trinajstić information content (AvgIpc) is 2.97. The number of rotatable bonds is 12. The summed E-state index contributed by atoms with van der Waals surface area (Å²) in [5.41, 5.74) is 1.88. The molecule has 0 aromatic carbocycles. The largest absolute Gasteiger partial charge is 0.434 e. The first-order valence-electron chi connectivity index (χ1n) is 9.22. The Kier molecular flexibility index (Phi) is 9.30. The smallest absolute Gasteiger partial charge is 0.342 e. The Morgan fingerprint density at radius 3 is 2.23 bits per heavy atom. The van der Waals surface area contributed by atoms with E-state index in [2.05, 4.69) is 50.8 Å². The summed E-state index contributed by atoms with van der Waals surface area (Å²) in [6.45, 7) is 18.7. The Labute approximate surface area is 169 Å². The van der Waals surface area contributed by atoms with Crippen LogP contribution in [0.4, 0.5) is 0 Å². The lowest BCUT2D eigenvalue weighted by Gasteiger charge is -2.41. The lowest BCUT2D eigenvalue weighted by molar-refractivity contribution is 0.278. The maximum atomic E-state index is 6.68. The molecule has 150 valence electrons. The number of allylic oxidation sites excluding steroid dienone is 1. The first kappa shape index (κ1) is 24.6. The molecule has 3 atom stereocenters. The Hall–Kier alpha value is 0.538. The van der Waals surface area contributed by atoms with E-state index in [1.54, 1.807) is 0 Å². The minimum Gasteiger partial charge on any atom is -0.434 e. The van der Waals surface area contributed by atoms with Crippen LogP contribution < -0.4 is 0 Å². The molecule has 0 aromatic heterocycles. The van der Waals surface area contributed by atoms with E-state index in [9.17, 15) is 0 Å². The molecule has 0 bridgehead atoms. The third-order valence-electron chi connectivity index (χ3n) is 4.01. The highest BCUT2D eigenvalue weighted by molar-refractivity contribution is 8.02. The number of hydrogen-bond donors (Lipinski definition) is 0. The van der Waals surface area contributed by atoms with Gasteiger partial charge >= 0.3 is 25.7 Å². The van der Waals surface area contributed by atoms with Crippen LogP contribution in [0.5, 0.6) is 0 Å². The van der Waals surface area contributed by atoms with Crippen LogP contribution in [0.1, 0.15) is 12.8 Å². The molecule has 1 heterocycles. The van der Waals surface area contributed by atoms with Gasteiger partial charge in [0.2, 0.25) is 0 Å². The maximum Gasteiger partial charge on any atom is 0.342 e. The Bertz CT molecular complexity index is 498. The van der Waals surface area contributed by atoms with Gasteiger partial charge in [-0.25, -0.2) is 0 Å². The predicted molar refractivity (Wildman–Crippen MR) is 122 cm³/mol. The second-order valence-electron chi connectivity index (χ2n) is 8.60. The molecule has 1 rings (SSSR count). The van der Waals surface area contributed by atoms with Gasteiger partial charge in [-0.1, -0.05) is 18.2 Å². The van der Waals surface area contributed by atoms with Gasteiger partial charge in [0.25, 0.3) is 0 Å². The summed E-state index contributed by atoms with van der Waals surface area (Å²) >= 11 is 1.89. The second-order valence-corrected chi connectivity index (χ2v) is 24.5. The molecule has 0 saturated carbocycles. The molecular formula is C17H36O4SSi4. The first-order chi connectivity index (χ1) is 11.8. The Balaban J connectivity index is 2.86. The average molecular weight is 449 g/mol. The molecule has 1 aliphatic rings. The summed E-state index contributed by atoms with van der Waals surface area (Å²) < 4.78 is 24.7. The monoisotopic (exact) mass is 448 g/mol. The van der Waals surface area contributed by atoms with E-state index < -0.39 is 34.0 Å². The van der Waals surface area contributed by atoms with Crippen LogP contribution in [0, 0.1) is 13.0 Å². The van der Waals surface area contributed by atoms with Crippen LogP contribution in [0.25, 0.3) is 0 Å². The lowest BCUT2D eigenvalue weighted by atomic mass is 10.1. The number of hydrogen-bond acceptors (Lipinski definition) is 5. The molecule has 0 aliphatic carbocycles. The first-order valence-corrected chi connectivity index (χ1v) is 21.4. The normalized spacial score (nSPS) is 22.8. The summed E-state index contributed by atoms with van der Waals surface area (Å²) in [5, 5.41) is 2.20. The van der Waals surface area contributed by atoms with Gasteiger partial charge in [0.15, 0.2) is 8.32 Å². The van der Waals surface area contributed by atoms with Crippen molar-refractivity contribution in [2.75, 3.05) is 5.75 Å². The van der Waals surface area contributed by atoms with Crippen LogP contribution in [0.15, 0.2) is 23.8 Å². The summed E-state index contributed by atoms with van der Waals surface area (Å²) in [4.78, 5) is 0. The zero-order valence-corrected chi connectivity index (χ0v) is 22.3. The highest BCUT2D eigenvalue weighted by Gasteiger charge is 2.46. The number of thioether (sulfide) groups is 1. The second kappa shape index (κ2) is 9.84. The van der Waals surface area contributed by atoms with Crippen molar-refractivity contribution in [1.29, 1.82) is 0 Å². The van der Waals surface area contributed by atoms with Crippen molar-refractivity contribution in [3.8, 4) is 0 Å². The summed E-state index contributed by atoms with van der Waals surface area (Å²) in [7, 11) is -3.72. The van der Waals surface area contributed by atoms with Crippen LogP contribution in [-0.4, -0.2) is 39.8 Å². The SMILES string of the molecule is [CH]O[Si](C)(C)O[Si](C)(CCC[C@H]1C=CSC1)O[Si](C)(C=C)O[Si](C)(C)C. The lowest BCUT2D eigenvalue weighted by Crippen LogP contribution is -2.58. The van der Waals surface area contributed by atoms with E-state index in [1.165, 1.54) is 5.75 Å². The van der Waals surface area contributed by atoms with E-state index in [0.717, 1.165) is 18.9 Å². The molecule has 4 nitrogen and oxygen atoms in total. The van der Waals surface area contributed by atoms with Gasteiger partial charge in [-0.05, 0) is 69.6 Å². The van der Waals surface area contributed by atoms with Crippen LogP contribution in [0.2, 0.25) is 51.9 Å². The van der Waals surface area contributed by atoms with Gasteiger partial charge in [-0.2, -0.15) is 0 Å². The summed E-state index contributed by atoms with van der Waals surface area (Å²) in [6.07, 6.45) is 4.54. The van der Waals surface area contributed by atoms with Crippen molar-refractivity contribution in [1.82, 2.24) is 0 Å². The minimum absolute atomic E-state index is 0.663. The molecule has 0 N–H and O–H groups in total. The van der Waals surface area contributed by atoms with Gasteiger partial charge in [-0.15, -0.1) is 18.3 Å². The quantitative estimate of drug-likeness (QED) is 0.353. The molecule has 0 aromatic rings. The molecule has 0 amide bonds. The zero-order valence-electron chi connectivity index (χ0n) is 17.5.